The van der Waals surface area contributed by atoms with Gasteiger partial charge in [0, 0.05) is 6.54 Å². The van der Waals surface area contributed by atoms with Gasteiger partial charge in [-0.1, -0.05) is 74.5 Å². The molecule has 0 heterocycles. The lowest BCUT2D eigenvalue weighted by Crippen LogP contribution is -2.34. The molecule has 1 unspecified atom stereocenters. The molecule has 0 radical (unpaired) electrons. The maximum absolute atomic E-state index is 12.9. The van der Waals surface area contributed by atoms with E-state index < -0.39 is 0 Å². The van der Waals surface area contributed by atoms with Crippen LogP contribution in [0, 0.1) is 0 Å². The van der Waals surface area contributed by atoms with Crippen LogP contribution in [-0.4, -0.2) is 36.6 Å². The molecule has 0 aliphatic rings. The number of carbonyl (C=O) groups excluding carboxylic acids is 1. The van der Waals surface area contributed by atoms with Gasteiger partial charge in [-0.15, -0.1) is 12.4 Å². The monoisotopic (exact) mass is 361 g/mol. The van der Waals surface area contributed by atoms with Crippen LogP contribution in [0.25, 0.3) is 0 Å². The third-order valence-corrected chi connectivity index (χ3v) is 4.23. The van der Waals surface area contributed by atoms with Gasteiger partial charge < -0.3 is 9.64 Å². The Morgan fingerprint density at radius 3 is 1.76 bits per heavy atom. The number of esters is 1. The van der Waals surface area contributed by atoms with Crippen LogP contribution in [0.3, 0.4) is 0 Å². The van der Waals surface area contributed by atoms with Crippen molar-refractivity contribution >= 4 is 18.4 Å². The Kier molecular flexibility index (Phi) is 9.25. The second-order valence-corrected chi connectivity index (χ2v) is 5.99. The summed E-state index contributed by atoms with van der Waals surface area (Å²) in [4.78, 5) is 15.1. The summed E-state index contributed by atoms with van der Waals surface area (Å²) in [6.45, 7) is 8.88. The van der Waals surface area contributed by atoms with Crippen molar-refractivity contribution in [2.75, 3.05) is 19.6 Å². The van der Waals surface area contributed by atoms with Crippen LogP contribution in [0.5, 0.6) is 0 Å². The van der Waals surface area contributed by atoms with Gasteiger partial charge in [0.1, 0.15) is 12.0 Å². The van der Waals surface area contributed by atoms with E-state index in [1.54, 1.807) is 0 Å². The van der Waals surface area contributed by atoms with Crippen LogP contribution in [0.4, 0.5) is 0 Å². The van der Waals surface area contributed by atoms with E-state index in [2.05, 4.69) is 18.7 Å². The van der Waals surface area contributed by atoms with Crippen molar-refractivity contribution in [3.8, 4) is 0 Å². The number of hydrogen-bond acceptors (Lipinski definition) is 3. The van der Waals surface area contributed by atoms with Crippen LogP contribution < -0.4 is 0 Å². The predicted octanol–water partition coefficient (Wildman–Crippen LogP) is 4.51. The van der Waals surface area contributed by atoms with Crippen LogP contribution in [0.15, 0.2) is 60.7 Å². The summed E-state index contributed by atoms with van der Waals surface area (Å²) in [7, 11) is 0. The van der Waals surface area contributed by atoms with Crippen molar-refractivity contribution in [3.63, 3.8) is 0 Å². The molecular formula is C21H28ClNO2. The quantitative estimate of drug-likeness (QED) is 0.648. The van der Waals surface area contributed by atoms with Gasteiger partial charge in [-0.05, 0) is 31.1 Å². The smallest absolute Gasteiger partial charge is 0.318 e. The van der Waals surface area contributed by atoms with Crippen molar-refractivity contribution < 1.29 is 9.53 Å². The third kappa shape index (κ3) is 6.18. The Balaban J connectivity index is 0.00000312. The molecular weight excluding hydrogens is 334 g/mol. The van der Waals surface area contributed by atoms with Gasteiger partial charge in [-0.3, -0.25) is 4.79 Å². The third-order valence-electron chi connectivity index (χ3n) is 4.23. The molecule has 4 heteroatoms. The fraction of sp³-hybridized carbons (Fsp3) is 0.381. The minimum Gasteiger partial charge on any atom is -0.461 e. The summed E-state index contributed by atoms with van der Waals surface area (Å²) in [5.74, 6) is -0.571. The molecule has 0 amide bonds. The number of benzene rings is 2. The number of ether oxygens (including phenoxy) is 1. The van der Waals surface area contributed by atoms with E-state index in [1.165, 1.54) is 0 Å². The molecule has 0 aliphatic heterocycles. The number of rotatable bonds is 8. The average Bonchev–Trinajstić information content (AvgIpc) is 2.61. The Morgan fingerprint density at radius 1 is 0.920 bits per heavy atom. The van der Waals surface area contributed by atoms with E-state index in [0.29, 0.717) is 0 Å². The van der Waals surface area contributed by atoms with Gasteiger partial charge in [-0.2, -0.15) is 0 Å². The molecule has 3 nitrogen and oxygen atoms in total. The molecule has 25 heavy (non-hydrogen) atoms. The minimum atomic E-state index is -0.383. The highest BCUT2D eigenvalue weighted by Crippen LogP contribution is 2.26. The molecule has 136 valence electrons. The van der Waals surface area contributed by atoms with Gasteiger partial charge in [-0.25, -0.2) is 0 Å². The highest BCUT2D eigenvalue weighted by atomic mass is 35.5. The summed E-state index contributed by atoms with van der Waals surface area (Å²) in [5.41, 5.74) is 1.92. The van der Waals surface area contributed by atoms with E-state index in [-0.39, 0.29) is 30.4 Å². The average molecular weight is 362 g/mol. The first-order valence-electron chi connectivity index (χ1n) is 8.68. The predicted molar refractivity (Wildman–Crippen MR) is 105 cm³/mol. The molecule has 0 fully saturated rings. The molecule has 2 aromatic rings. The lowest BCUT2D eigenvalue weighted by molar-refractivity contribution is -0.149. The zero-order chi connectivity index (χ0) is 17.4. The molecule has 2 aromatic carbocycles. The van der Waals surface area contributed by atoms with Gasteiger partial charge in [0.05, 0.1) is 0 Å². The molecule has 0 bridgehead atoms. The first-order chi connectivity index (χ1) is 11.7. The number of nitrogens with zero attached hydrogens (tertiary/aromatic N) is 1. The van der Waals surface area contributed by atoms with Crippen molar-refractivity contribution in [2.24, 2.45) is 0 Å². The summed E-state index contributed by atoms with van der Waals surface area (Å²) >= 11 is 0. The lowest BCUT2D eigenvalue weighted by atomic mass is 9.91. The van der Waals surface area contributed by atoms with E-state index in [9.17, 15) is 4.79 Å². The Morgan fingerprint density at radius 2 is 1.36 bits per heavy atom. The molecule has 0 saturated heterocycles. The standard InChI is InChI=1S/C21H27NO2.ClH/c1-4-22(5-2)16-17(3)24-21(23)20(18-12-8-6-9-13-18)19-14-10-7-11-15-19;/h6-15,17,20H,4-5,16H2,1-3H3;1H. The molecule has 0 saturated carbocycles. The maximum atomic E-state index is 12.9. The fourth-order valence-corrected chi connectivity index (χ4v) is 2.90. The molecule has 0 aliphatic carbocycles. The van der Waals surface area contributed by atoms with Gasteiger partial charge >= 0.3 is 5.97 Å². The number of hydrogen-bond donors (Lipinski definition) is 0. The molecule has 0 spiro atoms. The van der Waals surface area contributed by atoms with E-state index >= 15 is 0 Å². The van der Waals surface area contributed by atoms with Crippen LogP contribution in [0.1, 0.15) is 37.8 Å². The highest BCUT2D eigenvalue weighted by Gasteiger charge is 2.26. The molecule has 0 aromatic heterocycles. The topological polar surface area (TPSA) is 29.5 Å². The van der Waals surface area contributed by atoms with E-state index in [1.807, 2.05) is 67.6 Å². The second kappa shape index (κ2) is 10.9. The van der Waals surface area contributed by atoms with E-state index in [4.69, 9.17) is 4.74 Å². The highest BCUT2D eigenvalue weighted by molar-refractivity contribution is 5.85. The number of halogens is 1. The molecule has 0 N–H and O–H groups in total. The van der Waals surface area contributed by atoms with Gasteiger partial charge in [0.2, 0.25) is 0 Å². The van der Waals surface area contributed by atoms with Crippen LogP contribution in [-0.2, 0) is 9.53 Å². The number of likely N-dealkylation sites (N-methyl/N-ethyl adjacent to an activating group) is 1. The number of carbonyl (C=O) groups is 1. The SMILES string of the molecule is CCN(CC)CC(C)OC(=O)C(c1ccccc1)c1ccccc1.Cl. The lowest BCUT2D eigenvalue weighted by Gasteiger charge is -2.25. The second-order valence-electron chi connectivity index (χ2n) is 5.99. The first kappa shape index (κ1) is 21.2. The van der Waals surface area contributed by atoms with Crippen molar-refractivity contribution in [3.05, 3.63) is 71.8 Å². The maximum Gasteiger partial charge on any atom is 0.318 e. The largest absolute Gasteiger partial charge is 0.461 e. The van der Waals surface area contributed by atoms with Gasteiger partial charge in [0.15, 0.2) is 0 Å². The Bertz CT molecular complexity index is 575. The summed E-state index contributed by atoms with van der Waals surface area (Å²) in [6, 6.07) is 19.7. The minimum absolute atomic E-state index is 0. The summed E-state index contributed by atoms with van der Waals surface area (Å²) in [6.07, 6.45) is -0.132. The van der Waals surface area contributed by atoms with Crippen molar-refractivity contribution in [1.82, 2.24) is 4.90 Å². The Labute approximate surface area is 157 Å². The summed E-state index contributed by atoms with van der Waals surface area (Å²) in [5, 5.41) is 0. The summed E-state index contributed by atoms with van der Waals surface area (Å²) < 4.78 is 5.77. The van der Waals surface area contributed by atoms with E-state index in [0.717, 1.165) is 30.8 Å². The van der Waals surface area contributed by atoms with Crippen molar-refractivity contribution in [2.45, 2.75) is 32.8 Å². The zero-order valence-corrected chi connectivity index (χ0v) is 16.0. The van der Waals surface area contributed by atoms with Crippen LogP contribution in [0.2, 0.25) is 0 Å². The molecule has 2 rings (SSSR count). The first-order valence-corrected chi connectivity index (χ1v) is 8.68. The van der Waals surface area contributed by atoms with Crippen LogP contribution >= 0.6 is 12.4 Å². The van der Waals surface area contributed by atoms with Crippen molar-refractivity contribution in [1.29, 1.82) is 0 Å². The fourth-order valence-electron chi connectivity index (χ4n) is 2.90. The molecule has 1 atom stereocenters. The Hall–Kier alpha value is -1.84. The van der Waals surface area contributed by atoms with Gasteiger partial charge in [0.25, 0.3) is 0 Å². The normalized spacial score (nSPS) is 11.9. The zero-order valence-electron chi connectivity index (χ0n) is 15.2.